The van der Waals surface area contributed by atoms with Gasteiger partial charge in [-0.1, -0.05) is 12.1 Å². The summed E-state index contributed by atoms with van der Waals surface area (Å²) in [6, 6.07) is 12.6. The molecule has 0 spiro atoms. The van der Waals surface area contributed by atoms with E-state index >= 15 is 0 Å². The first-order chi connectivity index (χ1) is 13.4. The van der Waals surface area contributed by atoms with E-state index in [9.17, 15) is 12.8 Å². The van der Waals surface area contributed by atoms with Crippen molar-refractivity contribution in [2.75, 3.05) is 23.7 Å². The highest BCUT2D eigenvalue weighted by Gasteiger charge is 2.16. The summed E-state index contributed by atoms with van der Waals surface area (Å²) < 4.78 is 40.3. The molecule has 0 saturated heterocycles. The standard InChI is InChI=1S/C18H19FN6O2S/c1-13-5-6-14(19)12-15(13)28(26,27)22-11-10-21-17-7-8-18(25-24-17)23-16-4-2-3-9-20-16/h2-9,12,22H,10-11H2,1H3,(H,21,24)(H,20,23,25). The maximum Gasteiger partial charge on any atom is 0.240 e. The molecule has 2 aromatic heterocycles. The number of pyridine rings is 1. The van der Waals surface area contributed by atoms with Crippen molar-refractivity contribution in [3.8, 4) is 0 Å². The van der Waals surface area contributed by atoms with Gasteiger partial charge in [0.1, 0.15) is 17.5 Å². The van der Waals surface area contributed by atoms with Crippen LogP contribution >= 0.6 is 0 Å². The van der Waals surface area contributed by atoms with Crippen LogP contribution in [0, 0.1) is 12.7 Å². The summed E-state index contributed by atoms with van der Waals surface area (Å²) in [5.74, 6) is 1.08. The van der Waals surface area contributed by atoms with Crippen LogP contribution in [0.2, 0.25) is 0 Å². The zero-order valence-corrected chi connectivity index (χ0v) is 15.9. The van der Waals surface area contributed by atoms with Gasteiger partial charge in [-0.25, -0.2) is 22.5 Å². The number of anilines is 3. The largest absolute Gasteiger partial charge is 0.367 e. The Kier molecular flexibility index (Phi) is 6.12. The molecular formula is C18H19FN6O2S. The van der Waals surface area contributed by atoms with Crippen molar-refractivity contribution in [1.29, 1.82) is 0 Å². The van der Waals surface area contributed by atoms with E-state index in [1.165, 1.54) is 12.1 Å². The van der Waals surface area contributed by atoms with E-state index < -0.39 is 15.8 Å². The predicted molar refractivity (Wildman–Crippen MR) is 104 cm³/mol. The zero-order valence-electron chi connectivity index (χ0n) is 15.1. The molecule has 146 valence electrons. The molecule has 0 atom stereocenters. The smallest absolute Gasteiger partial charge is 0.240 e. The summed E-state index contributed by atoms with van der Waals surface area (Å²) >= 11 is 0. The van der Waals surface area contributed by atoms with E-state index in [1.54, 1.807) is 31.3 Å². The third kappa shape index (κ3) is 5.21. The molecule has 0 aliphatic rings. The van der Waals surface area contributed by atoms with Crippen LogP contribution < -0.4 is 15.4 Å². The molecule has 3 N–H and O–H groups in total. The summed E-state index contributed by atoms with van der Waals surface area (Å²) in [5.41, 5.74) is 0.476. The van der Waals surface area contributed by atoms with Crippen molar-refractivity contribution in [3.63, 3.8) is 0 Å². The number of hydrogen-bond acceptors (Lipinski definition) is 7. The third-order valence-corrected chi connectivity index (χ3v) is 5.35. The predicted octanol–water partition coefficient (Wildman–Crippen LogP) is 2.45. The Labute approximate surface area is 162 Å². The van der Waals surface area contributed by atoms with E-state index in [4.69, 9.17) is 0 Å². The summed E-state index contributed by atoms with van der Waals surface area (Å²) in [6.45, 7) is 2.01. The molecule has 0 unspecified atom stereocenters. The van der Waals surface area contributed by atoms with Crippen LogP contribution in [-0.4, -0.2) is 36.7 Å². The average molecular weight is 402 g/mol. The topological polar surface area (TPSA) is 109 Å². The minimum atomic E-state index is -3.79. The fraction of sp³-hybridized carbons (Fsp3) is 0.167. The summed E-state index contributed by atoms with van der Waals surface area (Å²) in [6.07, 6.45) is 1.66. The minimum Gasteiger partial charge on any atom is -0.367 e. The number of halogens is 1. The van der Waals surface area contributed by atoms with Gasteiger partial charge in [0.15, 0.2) is 5.82 Å². The average Bonchev–Trinajstić information content (AvgIpc) is 2.69. The molecule has 10 heteroatoms. The Morgan fingerprint density at radius 3 is 2.46 bits per heavy atom. The molecule has 0 bridgehead atoms. The normalized spacial score (nSPS) is 11.2. The van der Waals surface area contributed by atoms with Crippen molar-refractivity contribution >= 4 is 27.5 Å². The third-order valence-electron chi connectivity index (χ3n) is 3.75. The van der Waals surface area contributed by atoms with E-state index in [-0.39, 0.29) is 18.0 Å². The second-order valence-electron chi connectivity index (χ2n) is 5.88. The molecule has 0 aliphatic heterocycles. The van der Waals surface area contributed by atoms with Crippen LogP contribution in [-0.2, 0) is 10.0 Å². The lowest BCUT2D eigenvalue weighted by atomic mass is 10.2. The first-order valence-electron chi connectivity index (χ1n) is 8.45. The fourth-order valence-electron chi connectivity index (χ4n) is 2.38. The number of aryl methyl sites for hydroxylation is 1. The Morgan fingerprint density at radius 1 is 0.964 bits per heavy atom. The van der Waals surface area contributed by atoms with Gasteiger partial charge in [0, 0.05) is 19.3 Å². The van der Waals surface area contributed by atoms with Gasteiger partial charge in [0.2, 0.25) is 10.0 Å². The summed E-state index contributed by atoms with van der Waals surface area (Å²) in [7, 11) is -3.79. The van der Waals surface area contributed by atoms with Crippen molar-refractivity contribution < 1.29 is 12.8 Å². The first kappa shape index (κ1) is 19.6. The first-order valence-corrected chi connectivity index (χ1v) is 9.94. The van der Waals surface area contributed by atoms with Crippen LogP contribution in [0.4, 0.5) is 21.8 Å². The van der Waals surface area contributed by atoms with Gasteiger partial charge in [-0.15, -0.1) is 10.2 Å². The molecule has 0 fully saturated rings. The number of rotatable bonds is 8. The number of nitrogens with zero attached hydrogens (tertiary/aromatic N) is 3. The van der Waals surface area contributed by atoms with Crippen LogP contribution in [0.3, 0.4) is 0 Å². The monoisotopic (exact) mass is 402 g/mol. The number of nitrogens with one attached hydrogen (secondary N) is 3. The van der Waals surface area contributed by atoms with Gasteiger partial charge in [-0.2, -0.15) is 0 Å². The van der Waals surface area contributed by atoms with Crippen molar-refractivity contribution in [2.24, 2.45) is 0 Å². The minimum absolute atomic E-state index is 0.0720. The Hall–Kier alpha value is -3.11. The zero-order chi connectivity index (χ0) is 20.0. The number of sulfonamides is 1. The second-order valence-corrected chi connectivity index (χ2v) is 7.61. The molecule has 0 amide bonds. The summed E-state index contributed by atoms with van der Waals surface area (Å²) in [5, 5.41) is 14.0. The van der Waals surface area contributed by atoms with Crippen LogP contribution in [0.25, 0.3) is 0 Å². The van der Waals surface area contributed by atoms with Gasteiger partial charge in [0.05, 0.1) is 4.90 Å². The molecule has 0 saturated carbocycles. The molecule has 0 aliphatic carbocycles. The van der Waals surface area contributed by atoms with Gasteiger partial charge in [-0.05, 0) is 48.9 Å². The van der Waals surface area contributed by atoms with Crippen LogP contribution in [0.5, 0.6) is 0 Å². The molecule has 28 heavy (non-hydrogen) atoms. The van der Waals surface area contributed by atoms with E-state index in [1.807, 2.05) is 12.1 Å². The number of benzene rings is 1. The SMILES string of the molecule is Cc1ccc(F)cc1S(=O)(=O)NCCNc1ccc(Nc2ccccn2)nn1. The Balaban J connectivity index is 1.50. The van der Waals surface area contributed by atoms with Crippen LogP contribution in [0.1, 0.15) is 5.56 Å². The van der Waals surface area contributed by atoms with Gasteiger partial charge < -0.3 is 10.6 Å². The van der Waals surface area contributed by atoms with Crippen molar-refractivity contribution in [1.82, 2.24) is 19.9 Å². The lowest BCUT2D eigenvalue weighted by Crippen LogP contribution is -2.29. The quantitative estimate of drug-likeness (QED) is 0.497. The van der Waals surface area contributed by atoms with E-state index in [2.05, 4.69) is 30.5 Å². The highest BCUT2D eigenvalue weighted by molar-refractivity contribution is 7.89. The maximum absolute atomic E-state index is 13.3. The van der Waals surface area contributed by atoms with E-state index in [0.29, 0.717) is 23.0 Å². The molecule has 3 aromatic rings. The number of aromatic nitrogens is 3. The van der Waals surface area contributed by atoms with Crippen LogP contribution in [0.15, 0.2) is 59.6 Å². The molecular weight excluding hydrogens is 383 g/mol. The van der Waals surface area contributed by atoms with Gasteiger partial charge in [0.25, 0.3) is 0 Å². The lowest BCUT2D eigenvalue weighted by molar-refractivity contribution is 0.578. The van der Waals surface area contributed by atoms with E-state index in [0.717, 1.165) is 6.07 Å². The molecule has 8 nitrogen and oxygen atoms in total. The molecule has 3 rings (SSSR count). The van der Waals surface area contributed by atoms with Crippen molar-refractivity contribution in [2.45, 2.75) is 11.8 Å². The number of hydrogen-bond donors (Lipinski definition) is 3. The lowest BCUT2D eigenvalue weighted by Gasteiger charge is -2.10. The molecule has 1 aromatic carbocycles. The summed E-state index contributed by atoms with van der Waals surface area (Å²) in [4.78, 5) is 4.06. The van der Waals surface area contributed by atoms with Gasteiger partial charge in [-0.3, -0.25) is 0 Å². The molecule has 2 heterocycles. The fourth-order valence-corrected chi connectivity index (χ4v) is 3.66. The van der Waals surface area contributed by atoms with Crippen molar-refractivity contribution in [3.05, 3.63) is 66.1 Å². The second kappa shape index (κ2) is 8.72. The Bertz CT molecular complexity index is 1030. The molecule has 0 radical (unpaired) electrons. The highest BCUT2D eigenvalue weighted by atomic mass is 32.2. The Morgan fingerprint density at radius 2 is 1.75 bits per heavy atom. The van der Waals surface area contributed by atoms with Gasteiger partial charge >= 0.3 is 0 Å². The maximum atomic E-state index is 13.3. The highest BCUT2D eigenvalue weighted by Crippen LogP contribution is 2.16.